The molecule has 0 aliphatic rings. The molecule has 0 unspecified atom stereocenters. The normalized spacial score (nSPS) is 10.7. The Kier molecular flexibility index (Phi) is 5.91. The molecule has 0 amide bonds. The number of ether oxygens (including phenoxy) is 2. The number of pyridine rings is 1. The Hall–Kier alpha value is -3.08. The van der Waals surface area contributed by atoms with E-state index in [1.807, 2.05) is 24.3 Å². The van der Waals surface area contributed by atoms with Crippen LogP contribution in [0.1, 0.15) is 36.5 Å². The van der Waals surface area contributed by atoms with Crippen LogP contribution in [0.25, 0.3) is 22.2 Å². The average molecular weight is 364 g/mol. The second-order valence-corrected chi connectivity index (χ2v) is 6.28. The van der Waals surface area contributed by atoms with E-state index in [0.717, 1.165) is 30.6 Å². The first kappa shape index (κ1) is 18.7. The van der Waals surface area contributed by atoms with Gasteiger partial charge in [0.1, 0.15) is 17.0 Å². The van der Waals surface area contributed by atoms with Gasteiger partial charge in [-0.1, -0.05) is 31.9 Å². The molecule has 0 spiro atoms. The lowest BCUT2D eigenvalue weighted by molar-refractivity contribution is -0.254. The van der Waals surface area contributed by atoms with E-state index in [4.69, 9.17) is 9.47 Å². The quantitative estimate of drug-likeness (QED) is 0.568. The Labute approximate surface area is 158 Å². The maximum absolute atomic E-state index is 11.6. The van der Waals surface area contributed by atoms with Crippen molar-refractivity contribution in [2.24, 2.45) is 0 Å². The van der Waals surface area contributed by atoms with Crippen LogP contribution in [-0.2, 0) is 0 Å². The zero-order chi connectivity index (χ0) is 19.2. The smallest absolute Gasteiger partial charge is 0.145 e. The summed E-state index contributed by atoms with van der Waals surface area (Å²) in [6, 6.07) is 14.2. The zero-order valence-corrected chi connectivity index (χ0v) is 15.5. The number of carbonyl (C=O) groups excluding carboxylic acids is 1. The average Bonchev–Trinajstić information content (AvgIpc) is 2.70. The van der Waals surface area contributed by atoms with Crippen molar-refractivity contribution in [2.75, 3.05) is 13.7 Å². The van der Waals surface area contributed by atoms with Crippen LogP contribution in [0, 0.1) is 0 Å². The van der Waals surface area contributed by atoms with Gasteiger partial charge in [0.05, 0.1) is 25.4 Å². The van der Waals surface area contributed by atoms with Crippen molar-refractivity contribution in [1.29, 1.82) is 0 Å². The molecule has 0 radical (unpaired) electrons. The van der Waals surface area contributed by atoms with Crippen molar-refractivity contribution >= 4 is 16.9 Å². The summed E-state index contributed by atoms with van der Waals surface area (Å²) in [5.74, 6) is 0.0638. The lowest BCUT2D eigenvalue weighted by Crippen LogP contribution is -2.22. The van der Waals surface area contributed by atoms with Gasteiger partial charge in [-0.2, -0.15) is 0 Å². The molecule has 140 valence electrons. The second-order valence-electron chi connectivity index (χ2n) is 6.28. The summed E-state index contributed by atoms with van der Waals surface area (Å²) in [6.45, 7) is 2.84. The van der Waals surface area contributed by atoms with Gasteiger partial charge in [0.15, 0.2) is 0 Å². The molecule has 0 saturated carbocycles. The maximum atomic E-state index is 11.6. The first-order chi connectivity index (χ1) is 13.1. The van der Waals surface area contributed by atoms with Crippen molar-refractivity contribution in [3.63, 3.8) is 0 Å². The first-order valence-electron chi connectivity index (χ1n) is 9.06. The highest BCUT2D eigenvalue weighted by atomic mass is 16.5. The topological polar surface area (TPSA) is 71.5 Å². The molecule has 3 aromatic rings. The number of hydrogen-bond acceptors (Lipinski definition) is 5. The van der Waals surface area contributed by atoms with E-state index in [9.17, 15) is 9.90 Å². The summed E-state index contributed by atoms with van der Waals surface area (Å²) < 4.78 is 11.1. The minimum absolute atomic E-state index is 0.0915. The molecule has 5 nitrogen and oxygen atoms in total. The molecule has 5 heteroatoms. The summed E-state index contributed by atoms with van der Waals surface area (Å²) in [7, 11) is 1.53. The number of aromatic nitrogens is 1. The highest BCUT2D eigenvalue weighted by Crippen LogP contribution is 2.30. The van der Waals surface area contributed by atoms with E-state index < -0.39 is 5.97 Å². The Morgan fingerprint density at radius 2 is 1.89 bits per heavy atom. The molecular weight excluding hydrogens is 342 g/mol. The van der Waals surface area contributed by atoms with Crippen molar-refractivity contribution < 1.29 is 19.4 Å². The number of methoxy groups -OCH3 is 1. The largest absolute Gasteiger partial charge is 0.545 e. The number of unbranched alkanes of at least 4 members (excludes halogenated alkanes) is 2. The number of carboxylic acids is 1. The Morgan fingerprint density at radius 1 is 1.11 bits per heavy atom. The van der Waals surface area contributed by atoms with Crippen molar-refractivity contribution in [2.45, 2.75) is 26.2 Å². The summed E-state index contributed by atoms with van der Waals surface area (Å²) >= 11 is 0. The molecule has 0 aliphatic heterocycles. The van der Waals surface area contributed by atoms with Gasteiger partial charge >= 0.3 is 0 Å². The van der Waals surface area contributed by atoms with Crippen LogP contribution in [0.3, 0.4) is 0 Å². The number of para-hydroxylation sites is 1. The molecule has 0 N–H and O–H groups in total. The molecule has 0 aliphatic carbocycles. The van der Waals surface area contributed by atoms with E-state index in [1.165, 1.54) is 13.2 Å². The molecule has 0 fully saturated rings. The van der Waals surface area contributed by atoms with Gasteiger partial charge in [0, 0.05) is 16.5 Å². The number of benzene rings is 2. The predicted molar refractivity (Wildman–Crippen MR) is 103 cm³/mol. The Morgan fingerprint density at radius 3 is 2.56 bits per heavy atom. The SMILES string of the molecule is CCCCCOc1ccc(-c2cc(C(=O)[O-])c3cccc(OC)c3n2)cc1. The van der Waals surface area contributed by atoms with Crippen LogP contribution in [0.4, 0.5) is 0 Å². The number of fused-ring (bicyclic) bond motifs is 1. The summed E-state index contributed by atoms with van der Waals surface area (Å²) in [6.07, 6.45) is 3.33. The van der Waals surface area contributed by atoms with Crippen molar-refractivity contribution in [1.82, 2.24) is 4.98 Å². The molecule has 0 atom stereocenters. The predicted octanol–water partition coefficient (Wildman–Crippen LogP) is 3.84. The highest BCUT2D eigenvalue weighted by Gasteiger charge is 2.12. The number of aromatic carboxylic acids is 1. The summed E-state index contributed by atoms with van der Waals surface area (Å²) in [5, 5.41) is 12.1. The van der Waals surface area contributed by atoms with Crippen molar-refractivity contribution in [3.8, 4) is 22.8 Å². The first-order valence-corrected chi connectivity index (χ1v) is 9.06. The zero-order valence-electron chi connectivity index (χ0n) is 15.5. The molecule has 1 heterocycles. The van der Waals surface area contributed by atoms with Crippen LogP contribution in [0.2, 0.25) is 0 Å². The molecule has 1 aromatic heterocycles. The number of nitrogens with zero attached hydrogens (tertiary/aromatic N) is 1. The van der Waals surface area contributed by atoms with Gasteiger partial charge in [-0.3, -0.25) is 0 Å². The third kappa shape index (κ3) is 4.19. The second kappa shape index (κ2) is 8.54. The van der Waals surface area contributed by atoms with Gasteiger partial charge in [-0.05, 0) is 42.8 Å². The van der Waals surface area contributed by atoms with E-state index in [2.05, 4.69) is 11.9 Å². The van der Waals surface area contributed by atoms with E-state index >= 15 is 0 Å². The lowest BCUT2D eigenvalue weighted by atomic mass is 10.0. The maximum Gasteiger partial charge on any atom is 0.145 e. The van der Waals surface area contributed by atoms with Gasteiger partial charge in [0.25, 0.3) is 0 Å². The number of carbonyl (C=O) groups is 1. The van der Waals surface area contributed by atoms with Gasteiger partial charge in [-0.25, -0.2) is 4.98 Å². The third-order valence-electron chi connectivity index (χ3n) is 4.41. The van der Waals surface area contributed by atoms with Crippen LogP contribution in [0.15, 0.2) is 48.5 Å². The van der Waals surface area contributed by atoms with Gasteiger partial charge < -0.3 is 19.4 Å². The van der Waals surface area contributed by atoms with Crippen molar-refractivity contribution in [3.05, 3.63) is 54.1 Å². The molecule has 3 rings (SSSR count). The molecular formula is C22H22NO4-. The number of hydrogen-bond donors (Lipinski definition) is 0. The fraction of sp³-hybridized carbons (Fsp3) is 0.273. The molecule has 0 saturated heterocycles. The monoisotopic (exact) mass is 364 g/mol. The van der Waals surface area contributed by atoms with E-state index in [-0.39, 0.29) is 5.56 Å². The number of rotatable bonds is 8. The molecule has 0 bridgehead atoms. The summed E-state index contributed by atoms with van der Waals surface area (Å²) in [4.78, 5) is 16.2. The fourth-order valence-corrected chi connectivity index (χ4v) is 2.97. The molecule has 27 heavy (non-hydrogen) atoms. The standard InChI is InChI=1S/C22H23NO4/c1-3-4-5-13-27-16-11-9-15(10-12-16)19-14-18(22(24)25)17-7-6-8-20(26-2)21(17)23-19/h6-12,14H,3-5,13H2,1-2H3,(H,24,25)/p-1. The highest BCUT2D eigenvalue weighted by molar-refractivity contribution is 6.04. The number of carboxylic acid groups (broad SMARTS) is 1. The third-order valence-corrected chi connectivity index (χ3v) is 4.41. The van der Waals surface area contributed by atoms with Crippen LogP contribution in [-0.4, -0.2) is 24.7 Å². The van der Waals surface area contributed by atoms with Crippen LogP contribution >= 0.6 is 0 Å². The van der Waals surface area contributed by atoms with Gasteiger partial charge in [0.2, 0.25) is 0 Å². The Balaban J connectivity index is 1.95. The lowest BCUT2D eigenvalue weighted by Gasteiger charge is -2.13. The minimum atomic E-state index is -1.24. The molecule has 2 aromatic carbocycles. The minimum Gasteiger partial charge on any atom is -0.545 e. The summed E-state index contributed by atoms with van der Waals surface area (Å²) in [5.41, 5.74) is 1.93. The van der Waals surface area contributed by atoms with Gasteiger partial charge in [-0.15, -0.1) is 0 Å². The van der Waals surface area contributed by atoms with Crippen LogP contribution < -0.4 is 14.6 Å². The fourth-order valence-electron chi connectivity index (χ4n) is 2.97. The Bertz CT molecular complexity index is 935. The van der Waals surface area contributed by atoms with E-state index in [0.29, 0.717) is 29.0 Å². The van der Waals surface area contributed by atoms with E-state index in [1.54, 1.807) is 18.2 Å². The van der Waals surface area contributed by atoms with Crippen LogP contribution in [0.5, 0.6) is 11.5 Å².